The van der Waals surface area contributed by atoms with Gasteiger partial charge in [0.25, 0.3) is 0 Å². The summed E-state index contributed by atoms with van der Waals surface area (Å²) in [5.41, 5.74) is 7.40. The maximum atomic E-state index is 11.6. The molecule has 1 atom stereocenters. The Bertz CT molecular complexity index is 559. The highest BCUT2D eigenvalue weighted by Gasteiger charge is 2.07. The van der Waals surface area contributed by atoms with Crippen molar-refractivity contribution in [2.24, 2.45) is 5.73 Å². The van der Waals surface area contributed by atoms with E-state index in [2.05, 4.69) is 10.4 Å². The van der Waals surface area contributed by atoms with Crippen molar-refractivity contribution in [1.29, 1.82) is 0 Å². The molecule has 5 heteroatoms. The van der Waals surface area contributed by atoms with Gasteiger partial charge in [-0.3, -0.25) is 9.48 Å². The Morgan fingerprint density at radius 1 is 1.56 bits per heavy atom. The van der Waals surface area contributed by atoms with Crippen molar-refractivity contribution in [3.63, 3.8) is 0 Å². The summed E-state index contributed by atoms with van der Waals surface area (Å²) in [6.45, 7) is 4.66. The lowest BCUT2D eigenvalue weighted by molar-refractivity contribution is -0.116. The lowest BCUT2D eigenvalue weighted by Crippen LogP contribution is -2.23. The van der Waals surface area contributed by atoms with Gasteiger partial charge in [-0.15, -0.1) is 0 Å². The van der Waals surface area contributed by atoms with Gasteiger partial charge in [0, 0.05) is 30.1 Å². The van der Waals surface area contributed by atoms with Crippen LogP contribution in [0.4, 0.5) is 5.69 Å². The van der Waals surface area contributed by atoms with Crippen LogP contribution < -0.4 is 11.1 Å². The first kappa shape index (κ1) is 12.6. The van der Waals surface area contributed by atoms with E-state index in [1.165, 1.54) is 0 Å². The number of aryl methyl sites for hydroxylation is 1. The van der Waals surface area contributed by atoms with Crippen molar-refractivity contribution in [2.75, 3.05) is 5.32 Å². The topological polar surface area (TPSA) is 72.9 Å². The van der Waals surface area contributed by atoms with Crippen molar-refractivity contribution in [2.45, 2.75) is 32.9 Å². The molecule has 0 aliphatic carbocycles. The van der Waals surface area contributed by atoms with Crippen LogP contribution in [-0.4, -0.2) is 21.7 Å². The van der Waals surface area contributed by atoms with Crippen LogP contribution in [0, 0.1) is 0 Å². The Balaban J connectivity index is 2.21. The first-order chi connectivity index (χ1) is 8.60. The van der Waals surface area contributed by atoms with Gasteiger partial charge in [0.1, 0.15) is 0 Å². The van der Waals surface area contributed by atoms with Gasteiger partial charge in [0.15, 0.2) is 0 Å². The van der Waals surface area contributed by atoms with Gasteiger partial charge in [0.05, 0.1) is 11.7 Å². The molecule has 1 unspecified atom stereocenters. The molecule has 1 heterocycles. The summed E-state index contributed by atoms with van der Waals surface area (Å²) in [5.74, 6) is -0.0630. The summed E-state index contributed by atoms with van der Waals surface area (Å²) in [6, 6.07) is 5.64. The fourth-order valence-corrected chi connectivity index (χ4v) is 1.90. The molecule has 5 nitrogen and oxygen atoms in total. The molecule has 96 valence electrons. The zero-order valence-electron chi connectivity index (χ0n) is 10.7. The quantitative estimate of drug-likeness (QED) is 0.863. The van der Waals surface area contributed by atoms with E-state index in [4.69, 9.17) is 5.73 Å². The molecule has 18 heavy (non-hydrogen) atoms. The normalized spacial score (nSPS) is 12.6. The molecule has 0 saturated heterocycles. The van der Waals surface area contributed by atoms with Crippen LogP contribution in [-0.2, 0) is 11.3 Å². The number of carbonyl (C=O) groups excluding carboxylic acids is 1. The molecule has 0 aliphatic rings. The molecule has 2 rings (SSSR count). The van der Waals surface area contributed by atoms with E-state index in [9.17, 15) is 4.79 Å². The highest BCUT2D eigenvalue weighted by molar-refractivity contribution is 5.93. The van der Waals surface area contributed by atoms with Gasteiger partial charge in [-0.1, -0.05) is 0 Å². The Morgan fingerprint density at radius 3 is 3.00 bits per heavy atom. The second-order valence-corrected chi connectivity index (χ2v) is 4.46. The van der Waals surface area contributed by atoms with Gasteiger partial charge in [-0.25, -0.2) is 0 Å². The highest BCUT2D eigenvalue weighted by atomic mass is 16.1. The number of anilines is 1. The van der Waals surface area contributed by atoms with Crippen molar-refractivity contribution in [3.8, 4) is 0 Å². The van der Waals surface area contributed by atoms with Gasteiger partial charge in [-0.2, -0.15) is 5.10 Å². The van der Waals surface area contributed by atoms with E-state index < -0.39 is 0 Å². The largest absolute Gasteiger partial charge is 0.327 e. The standard InChI is InChI=1S/C13H18N4O/c1-3-17-12-7-11(5-4-10(12)8-15-17)16-13(18)6-9(2)14/h4-5,7-9H,3,6,14H2,1-2H3,(H,16,18). The monoisotopic (exact) mass is 246 g/mol. The number of nitrogens with two attached hydrogens (primary N) is 1. The predicted molar refractivity (Wildman–Crippen MR) is 72.3 cm³/mol. The van der Waals surface area contributed by atoms with Crippen molar-refractivity contribution in [1.82, 2.24) is 9.78 Å². The molecule has 1 aromatic carbocycles. The molecule has 0 aliphatic heterocycles. The molecule has 0 spiro atoms. The van der Waals surface area contributed by atoms with Gasteiger partial charge >= 0.3 is 0 Å². The fourth-order valence-electron chi connectivity index (χ4n) is 1.90. The minimum absolute atomic E-state index is 0.0630. The molecule has 0 fully saturated rings. The zero-order chi connectivity index (χ0) is 13.1. The van der Waals surface area contributed by atoms with Crippen molar-refractivity contribution < 1.29 is 4.79 Å². The van der Waals surface area contributed by atoms with Crippen LogP contribution in [0.3, 0.4) is 0 Å². The SMILES string of the molecule is CCn1ncc2ccc(NC(=O)CC(C)N)cc21. The van der Waals surface area contributed by atoms with Crippen LogP contribution in [0.5, 0.6) is 0 Å². The number of fused-ring (bicyclic) bond motifs is 1. The molecule has 0 saturated carbocycles. The number of hydrogen-bond acceptors (Lipinski definition) is 3. The van der Waals surface area contributed by atoms with Gasteiger partial charge in [-0.05, 0) is 32.0 Å². The summed E-state index contributed by atoms with van der Waals surface area (Å²) in [4.78, 5) is 11.6. The average molecular weight is 246 g/mol. The van der Waals surface area contributed by atoms with E-state index in [0.29, 0.717) is 6.42 Å². The Labute approximate surface area is 106 Å². The number of aromatic nitrogens is 2. The molecule has 0 radical (unpaired) electrons. The first-order valence-corrected chi connectivity index (χ1v) is 6.11. The lowest BCUT2D eigenvalue weighted by Gasteiger charge is -2.08. The zero-order valence-corrected chi connectivity index (χ0v) is 10.7. The number of hydrogen-bond donors (Lipinski definition) is 2. The molecule has 3 N–H and O–H groups in total. The summed E-state index contributed by atoms with van der Waals surface area (Å²) in [5, 5.41) is 8.18. The van der Waals surface area contributed by atoms with E-state index in [-0.39, 0.29) is 11.9 Å². The van der Waals surface area contributed by atoms with E-state index >= 15 is 0 Å². The third kappa shape index (κ3) is 2.68. The highest BCUT2D eigenvalue weighted by Crippen LogP contribution is 2.19. The Kier molecular flexibility index (Phi) is 3.62. The predicted octanol–water partition coefficient (Wildman–Crippen LogP) is 1.73. The molecule has 1 amide bonds. The number of amides is 1. The molecule has 1 aromatic heterocycles. The fraction of sp³-hybridized carbons (Fsp3) is 0.385. The second kappa shape index (κ2) is 5.18. The van der Waals surface area contributed by atoms with Crippen LogP contribution >= 0.6 is 0 Å². The second-order valence-electron chi connectivity index (χ2n) is 4.46. The van der Waals surface area contributed by atoms with Crippen LogP contribution in [0.15, 0.2) is 24.4 Å². The third-order valence-electron chi connectivity index (χ3n) is 2.74. The summed E-state index contributed by atoms with van der Waals surface area (Å²) < 4.78 is 1.90. The number of carbonyl (C=O) groups is 1. The number of nitrogens with zero attached hydrogens (tertiary/aromatic N) is 2. The van der Waals surface area contributed by atoms with E-state index in [1.807, 2.05) is 42.9 Å². The van der Waals surface area contributed by atoms with Crippen molar-refractivity contribution >= 4 is 22.5 Å². The maximum Gasteiger partial charge on any atom is 0.225 e. The average Bonchev–Trinajstić information content (AvgIpc) is 2.70. The number of benzene rings is 1. The summed E-state index contributed by atoms with van der Waals surface area (Å²) in [6.07, 6.45) is 2.15. The van der Waals surface area contributed by atoms with Gasteiger partial charge in [0.2, 0.25) is 5.91 Å². The lowest BCUT2D eigenvalue weighted by atomic mass is 10.2. The van der Waals surface area contributed by atoms with E-state index in [1.54, 1.807) is 0 Å². The van der Waals surface area contributed by atoms with Crippen LogP contribution in [0.25, 0.3) is 10.9 Å². The van der Waals surface area contributed by atoms with Crippen molar-refractivity contribution in [3.05, 3.63) is 24.4 Å². The van der Waals surface area contributed by atoms with Gasteiger partial charge < -0.3 is 11.1 Å². The molecule has 0 bridgehead atoms. The minimum Gasteiger partial charge on any atom is -0.327 e. The minimum atomic E-state index is -0.130. The van der Waals surface area contributed by atoms with Crippen LogP contribution in [0.2, 0.25) is 0 Å². The maximum absolute atomic E-state index is 11.6. The first-order valence-electron chi connectivity index (χ1n) is 6.11. The summed E-state index contributed by atoms with van der Waals surface area (Å²) in [7, 11) is 0. The third-order valence-corrected chi connectivity index (χ3v) is 2.74. The number of rotatable bonds is 4. The smallest absolute Gasteiger partial charge is 0.225 e. The molecular weight excluding hydrogens is 228 g/mol. The molecular formula is C13H18N4O. The molecule has 2 aromatic rings. The number of nitrogens with one attached hydrogen (secondary N) is 1. The Hall–Kier alpha value is -1.88. The van der Waals surface area contributed by atoms with E-state index in [0.717, 1.165) is 23.1 Å². The Morgan fingerprint density at radius 2 is 2.33 bits per heavy atom. The summed E-state index contributed by atoms with van der Waals surface area (Å²) >= 11 is 0. The van der Waals surface area contributed by atoms with Crippen LogP contribution in [0.1, 0.15) is 20.3 Å².